The Morgan fingerprint density at radius 2 is 1.79 bits per heavy atom. The van der Waals surface area contributed by atoms with Gasteiger partial charge in [-0.15, -0.1) is 11.3 Å². The minimum absolute atomic E-state index is 0.0606. The van der Waals surface area contributed by atoms with E-state index in [1.54, 1.807) is 24.3 Å². The Bertz CT molecular complexity index is 884. The average molecular weight is 399 g/mol. The number of phenolic OH excluding ortho intramolecular Hbond substituents is 1. The number of carbonyl (C=O) groups is 3. The van der Waals surface area contributed by atoms with Crippen LogP contribution in [0.25, 0.3) is 11.3 Å². The van der Waals surface area contributed by atoms with E-state index in [9.17, 15) is 19.5 Å². The van der Waals surface area contributed by atoms with Crippen molar-refractivity contribution in [1.82, 2.24) is 9.88 Å². The van der Waals surface area contributed by atoms with Gasteiger partial charge in [0.25, 0.3) is 0 Å². The zero-order valence-electron chi connectivity index (χ0n) is 15.3. The fourth-order valence-electron chi connectivity index (χ4n) is 3.94. The van der Waals surface area contributed by atoms with E-state index in [0.717, 1.165) is 31.2 Å². The van der Waals surface area contributed by atoms with Crippen molar-refractivity contribution in [1.29, 1.82) is 0 Å². The highest BCUT2D eigenvalue weighted by molar-refractivity contribution is 7.14. The Balaban J connectivity index is 1.33. The summed E-state index contributed by atoms with van der Waals surface area (Å²) in [6.45, 7) is 0.118. The van der Waals surface area contributed by atoms with Crippen LogP contribution >= 0.6 is 11.3 Å². The predicted octanol–water partition coefficient (Wildman–Crippen LogP) is 3.02. The van der Waals surface area contributed by atoms with Crippen LogP contribution in [0.5, 0.6) is 5.75 Å². The number of fused-ring (bicyclic) bond motifs is 1. The van der Waals surface area contributed by atoms with Gasteiger partial charge in [-0.1, -0.05) is 12.8 Å². The smallest absolute Gasteiger partial charge is 0.233 e. The number of hydrogen-bond donors (Lipinski definition) is 2. The van der Waals surface area contributed by atoms with Gasteiger partial charge in [-0.2, -0.15) is 0 Å². The first-order valence-electron chi connectivity index (χ1n) is 9.43. The highest BCUT2D eigenvalue weighted by Crippen LogP contribution is 2.38. The van der Waals surface area contributed by atoms with E-state index in [4.69, 9.17) is 0 Å². The molecule has 2 N–H and O–H groups in total. The Morgan fingerprint density at radius 1 is 1.14 bits per heavy atom. The maximum absolute atomic E-state index is 12.5. The number of likely N-dealkylation sites (tertiary alicyclic amines) is 1. The van der Waals surface area contributed by atoms with Gasteiger partial charge >= 0.3 is 0 Å². The molecular formula is C20H21N3O4S. The molecule has 7 nitrogen and oxygen atoms in total. The second-order valence-corrected chi connectivity index (χ2v) is 8.07. The molecule has 0 radical (unpaired) electrons. The Kier molecular flexibility index (Phi) is 5.13. The van der Waals surface area contributed by atoms with Crippen molar-refractivity contribution >= 4 is 34.2 Å². The Hall–Kier alpha value is -2.74. The molecule has 0 unspecified atom stereocenters. The Morgan fingerprint density at radius 3 is 2.43 bits per heavy atom. The summed E-state index contributed by atoms with van der Waals surface area (Å²) in [5.74, 6) is -0.703. The number of thiazole rings is 1. The van der Waals surface area contributed by atoms with E-state index in [0.29, 0.717) is 10.8 Å². The van der Waals surface area contributed by atoms with Gasteiger partial charge in [0.2, 0.25) is 17.7 Å². The molecule has 2 fully saturated rings. The van der Waals surface area contributed by atoms with E-state index in [-0.39, 0.29) is 48.3 Å². The molecule has 1 aliphatic carbocycles. The number of hydrogen-bond acceptors (Lipinski definition) is 6. The van der Waals surface area contributed by atoms with Crippen LogP contribution in [0.15, 0.2) is 29.6 Å². The molecule has 1 saturated carbocycles. The number of nitrogens with zero attached hydrogens (tertiary/aromatic N) is 2. The highest BCUT2D eigenvalue weighted by atomic mass is 32.1. The summed E-state index contributed by atoms with van der Waals surface area (Å²) in [7, 11) is 0. The lowest BCUT2D eigenvalue weighted by atomic mass is 9.81. The molecule has 2 atom stereocenters. The molecule has 2 aromatic rings. The van der Waals surface area contributed by atoms with Crippen LogP contribution in [-0.4, -0.2) is 39.3 Å². The van der Waals surface area contributed by atoms with Gasteiger partial charge in [0.1, 0.15) is 5.75 Å². The first kappa shape index (κ1) is 18.6. The molecule has 0 spiro atoms. The SMILES string of the molecule is O=C(CCN1C(=O)[C@@H]2CCCC[C@H]2C1=O)Nc1nc(-c2ccc(O)cc2)cs1. The fourth-order valence-corrected chi connectivity index (χ4v) is 4.68. The number of imide groups is 1. The third kappa shape index (κ3) is 3.64. The highest BCUT2D eigenvalue weighted by Gasteiger charge is 2.47. The van der Waals surface area contributed by atoms with E-state index < -0.39 is 0 Å². The van der Waals surface area contributed by atoms with Gasteiger partial charge in [-0.05, 0) is 37.1 Å². The van der Waals surface area contributed by atoms with Crippen molar-refractivity contribution < 1.29 is 19.5 Å². The average Bonchev–Trinajstić information content (AvgIpc) is 3.25. The molecule has 4 rings (SSSR count). The Labute approximate surface area is 166 Å². The van der Waals surface area contributed by atoms with Gasteiger partial charge in [-0.25, -0.2) is 4.98 Å². The summed E-state index contributed by atoms with van der Waals surface area (Å²) < 4.78 is 0. The van der Waals surface area contributed by atoms with Crippen LogP contribution in [-0.2, 0) is 14.4 Å². The summed E-state index contributed by atoms with van der Waals surface area (Å²) in [5.41, 5.74) is 1.54. The number of amides is 3. The second kappa shape index (κ2) is 7.71. The molecule has 2 aliphatic rings. The quantitative estimate of drug-likeness (QED) is 0.753. The van der Waals surface area contributed by atoms with Crippen molar-refractivity contribution in [2.45, 2.75) is 32.1 Å². The van der Waals surface area contributed by atoms with E-state index in [1.165, 1.54) is 16.2 Å². The number of carbonyl (C=O) groups excluding carboxylic acids is 3. The van der Waals surface area contributed by atoms with Gasteiger partial charge in [0, 0.05) is 23.9 Å². The molecule has 28 heavy (non-hydrogen) atoms. The van der Waals surface area contributed by atoms with Gasteiger partial charge in [0.05, 0.1) is 17.5 Å². The van der Waals surface area contributed by atoms with Crippen molar-refractivity contribution in [2.24, 2.45) is 11.8 Å². The minimum atomic E-state index is -0.276. The molecule has 0 bridgehead atoms. The standard InChI is InChI=1S/C20H21N3O4S/c24-13-7-5-12(6-8-13)16-11-28-20(21-16)22-17(25)9-10-23-18(26)14-3-1-2-4-15(14)19(23)27/h5-8,11,14-15,24H,1-4,9-10H2,(H,21,22,25)/t14-,15-/m1/s1. The number of anilines is 1. The van der Waals surface area contributed by atoms with Crippen LogP contribution in [0.1, 0.15) is 32.1 Å². The summed E-state index contributed by atoms with van der Waals surface area (Å²) in [6, 6.07) is 6.66. The molecule has 1 aliphatic heterocycles. The van der Waals surface area contributed by atoms with Crippen LogP contribution in [0.3, 0.4) is 0 Å². The van der Waals surface area contributed by atoms with Crippen LogP contribution in [0, 0.1) is 11.8 Å². The largest absolute Gasteiger partial charge is 0.508 e. The van der Waals surface area contributed by atoms with E-state index in [2.05, 4.69) is 10.3 Å². The van der Waals surface area contributed by atoms with E-state index in [1.807, 2.05) is 5.38 Å². The zero-order chi connectivity index (χ0) is 19.7. The molecule has 8 heteroatoms. The molecule has 2 heterocycles. The molecule has 146 valence electrons. The molecular weight excluding hydrogens is 378 g/mol. The monoisotopic (exact) mass is 399 g/mol. The fraction of sp³-hybridized carbons (Fsp3) is 0.400. The number of benzene rings is 1. The summed E-state index contributed by atoms with van der Waals surface area (Å²) >= 11 is 1.30. The number of aromatic nitrogens is 1. The maximum Gasteiger partial charge on any atom is 0.233 e. The molecule has 1 aromatic carbocycles. The number of rotatable bonds is 5. The van der Waals surface area contributed by atoms with E-state index >= 15 is 0 Å². The maximum atomic E-state index is 12.5. The lowest BCUT2D eigenvalue weighted by molar-refractivity contribution is -0.140. The third-order valence-electron chi connectivity index (χ3n) is 5.41. The molecule has 3 amide bonds. The van der Waals surface area contributed by atoms with Crippen molar-refractivity contribution in [3.63, 3.8) is 0 Å². The lowest BCUT2D eigenvalue weighted by Gasteiger charge is -2.19. The van der Waals surface area contributed by atoms with Crippen LogP contribution < -0.4 is 5.32 Å². The second-order valence-electron chi connectivity index (χ2n) is 7.21. The summed E-state index contributed by atoms with van der Waals surface area (Å²) in [4.78, 5) is 42.8. The number of aromatic hydroxyl groups is 1. The van der Waals surface area contributed by atoms with Gasteiger partial charge in [-0.3, -0.25) is 19.3 Å². The van der Waals surface area contributed by atoms with Gasteiger partial charge in [0.15, 0.2) is 5.13 Å². The van der Waals surface area contributed by atoms with Crippen LogP contribution in [0.4, 0.5) is 5.13 Å². The van der Waals surface area contributed by atoms with Crippen molar-refractivity contribution in [2.75, 3.05) is 11.9 Å². The van der Waals surface area contributed by atoms with Gasteiger partial charge < -0.3 is 10.4 Å². The predicted molar refractivity (Wildman–Crippen MR) is 105 cm³/mol. The zero-order valence-corrected chi connectivity index (χ0v) is 16.1. The minimum Gasteiger partial charge on any atom is -0.508 e. The van der Waals surface area contributed by atoms with Crippen LogP contribution in [0.2, 0.25) is 0 Å². The van der Waals surface area contributed by atoms with Crippen molar-refractivity contribution in [3.8, 4) is 17.0 Å². The summed E-state index contributed by atoms with van der Waals surface area (Å²) in [5, 5.41) is 14.4. The topological polar surface area (TPSA) is 99.6 Å². The number of phenols is 1. The molecule has 1 aromatic heterocycles. The lowest BCUT2D eigenvalue weighted by Crippen LogP contribution is -2.34. The third-order valence-corrected chi connectivity index (χ3v) is 6.17. The number of nitrogens with one attached hydrogen (secondary N) is 1. The first-order chi connectivity index (χ1) is 13.5. The molecule has 1 saturated heterocycles. The normalized spacial score (nSPS) is 21.6. The first-order valence-corrected chi connectivity index (χ1v) is 10.3. The summed E-state index contributed by atoms with van der Waals surface area (Å²) in [6.07, 6.45) is 3.59. The van der Waals surface area contributed by atoms with Crippen molar-refractivity contribution in [3.05, 3.63) is 29.6 Å².